The quantitative estimate of drug-likeness (QED) is 0.877. The van der Waals surface area contributed by atoms with E-state index in [2.05, 4.69) is 0 Å². The summed E-state index contributed by atoms with van der Waals surface area (Å²) in [4.78, 5) is 0. The first-order chi connectivity index (χ1) is 10.1. The Morgan fingerprint density at radius 1 is 1.00 bits per heavy atom. The second-order valence-corrected chi connectivity index (χ2v) is 5.32. The molecule has 0 aliphatic rings. The van der Waals surface area contributed by atoms with Crippen LogP contribution >= 0.6 is 11.6 Å². The molecule has 0 amide bonds. The summed E-state index contributed by atoms with van der Waals surface area (Å²) in [7, 11) is 3.25. The molecule has 2 N–H and O–H groups in total. The smallest absolute Gasteiger partial charge is 0.161 e. The van der Waals surface area contributed by atoms with Crippen molar-refractivity contribution in [1.82, 2.24) is 0 Å². The maximum atomic E-state index is 6.27. The molecule has 0 saturated carbocycles. The molecule has 4 heteroatoms. The number of hydrogen-bond acceptors (Lipinski definition) is 3. The molecular weight excluding hydrogens is 286 g/mol. The molecule has 0 aliphatic heterocycles. The van der Waals surface area contributed by atoms with Gasteiger partial charge < -0.3 is 15.2 Å². The Kier molecular flexibility index (Phi) is 5.48. The van der Waals surface area contributed by atoms with Crippen LogP contribution in [0.25, 0.3) is 0 Å². The van der Waals surface area contributed by atoms with Crippen LogP contribution in [0.5, 0.6) is 11.5 Å². The summed E-state index contributed by atoms with van der Waals surface area (Å²) in [6.45, 7) is 0. The molecule has 0 aliphatic carbocycles. The number of ether oxygens (including phenoxy) is 2. The first kappa shape index (κ1) is 15.7. The molecule has 112 valence electrons. The fraction of sp³-hybridized carbons (Fsp3) is 0.294. The topological polar surface area (TPSA) is 44.5 Å². The molecule has 0 heterocycles. The second kappa shape index (κ2) is 7.34. The Hall–Kier alpha value is -1.71. The molecule has 0 spiro atoms. The Bertz CT molecular complexity index is 584. The van der Waals surface area contributed by atoms with Gasteiger partial charge in [-0.1, -0.05) is 29.8 Å². The van der Waals surface area contributed by atoms with Crippen molar-refractivity contribution in [1.29, 1.82) is 0 Å². The largest absolute Gasteiger partial charge is 0.493 e. The summed E-state index contributed by atoms with van der Waals surface area (Å²) in [6.07, 6.45) is 1.77. The van der Waals surface area contributed by atoms with E-state index in [0.29, 0.717) is 11.5 Å². The van der Waals surface area contributed by atoms with Crippen LogP contribution in [0.3, 0.4) is 0 Å². The van der Waals surface area contributed by atoms with Gasteiger partial charge in [0.15, 0.2) is 11.5 Å². The predicted octanol–water partition coefficient (Wildman–Crippen LogP) is 3.99. The molecule has 0 saturated heterocycles. The molecule has 2 aromatic carbocycles. The summed E-state index contributed by atoms with van der Waals surface area (Å²) in [5.74, 6) is 1.42. The minimum Gasteiger partial charge on any atom is -0.493 e. The average Bonchev–Trinajstić information content (AvgIpc) is 2.53. The Balaban J connectivity index is 2.02. The number of aryl methyl sites for hydroxylation is 1. The van der Waals surface area contributed by atoms with Crippen LogP contribution in [0.15, 0.2) is 42.5 Å². The van der Waals surface area contributed by atoms with Gasteiger partial charge in [-0.15, -0.1) is 0 Å². The van der Waals surface area contributed by atoms with Crippen LogP contribution in [-0.2, 0) is 6.42 Å². The van der Waals surface area contributed by atoms with Crippen molar-refractivity contribution in [3.05, 3.63) is 58.6 Å². The van der Waals surface area contributed by atoms with Crippen LogP contribution < -0.4 is 15.2 Å². The highest BCUT2D eigenvalue weighted by Gasteiger charge is 2.10. The molecule has 1 unspecified atom stereocenters. The van der Waals surface area contributed by atoms with E-state index in [9.17, 15) is 0 Å². The molecule has 21 heavy (non-hydrogen) atoms. The van der Waals surface area contributed by atoms with E-state index in [1.807, 2.05) is 42.5 Å². The molecule has 2 rings (SSSR count). The number of methoxy groups -OCH3 is 2. The highest BCUT2D eigenvalue weighted by Crippen LogP contribution is 2.30. The van der Waals surface area contributed by atoms with E-state index in [1.54, 1.807) is 14.2 Å². The first-order valence-electron chi connectivity index (χ1n) is 6.86. The minimum atomic E-state index is -0.0412. The van der Waals surface area contributed by atoms with Gasteiger partial charge >= 0.3 is 0 Å². The van der Waals surface area contributed by atoms with Crippen LogP contribution in [0.2, 0.25) is 5.02 Å². The summed E-state index contributed by atoms with van der Waals surface area (Å²) < 4.78 is 10.5. The lowest BCUT2D eigenvalue weighted by molar-refractivity contribution is 0.354. The van der Waals surface area contributed by atoms with Gasteiger partial charge in [0.2, 0.25) is 0 Å². The number of halogens is 1. The van der Waals surface area contributed by atoms with E-state index in [1.165, 1.54) is 5.56 Å². The van der Waals surface area contributed by atoms with Gasteiger partial charge in [0.1, 0.15) is 0 Å². The van der Waals surface area contributed by atoms with Gasteiger partial charge in [-0.05, 0) is 48.2 Å². The van der Waals surface area contributed by atoms with E-state index in [0.717, 1.165) is 23.4 Å². The van der Waals surface area contributed by atoms with Gasteiger partial charge in [-0.3, -0.25) is 0 Å². The van der Waals surface area contributed by atoms with E-state index in [-0.39, 0.29) is 6.04 Å². The molecule has 0 aromatic heterocycles. The fourth-order valence-electron chi connectivity index (χ4n) is 2.22. The summed E-state index contributed by atoms with van der Waals surface area (Å²) in [5, 5.41) is 0.753. The lowest BCUT2D eigenvalue weighted by Crippen LogP contribution is -2.11. The van der Waals surface area contributed by atoms with E-state index >= 15 is 0 Å². The number of nitrogens with two attached hydrogens (primary N) is 1. The molecule has 1 atom stereocenters. The molecule has 0 fully saturated rings. The van der Waals surface area contributed by atoms with Crippen molar-refractivity contribution >= 4 is 11.6 Å². The highest BCUT2D eigenvalue weighted by molar-refractivity contribution is 6.30. The van der Waals surface area contributed by atoms with Crippen LogP contribution in [0.1, 0.15) is 23.6 Å². The third-order valence-electron chi connectivity index (χ3n) is 3.49. The first-order valence-corrected chi connectivity index (χ1v) is 7.23. The van der Waals surface area contributed by atoms with Crippen LogP contribution in [-0.4, -0.2) is 14.2 Å². The number of benzene rings is 2. The SMILES string of the molecule is COc1ccc(C(N)CCc2ccc(Cl)cc2)cc1OC. The normalized spacial score (nSPS) is 12.0. The van der Waals surface area contributed by atoms with E-state index < -0.39 is 0 Å². The minimum absolute atomic E-state index is 0.0412. The summed E-state index contributed by atoms with van der Waals surface area (Å²) >= 11 is 5.88. The maximum Gasteiger partial charge on any atom is 0.161 e. The molecule has 0 radical (unpaired) electrons. The van der Waals surface area contributed by atoms with Crippen molar-refractivity contribution in [3.8, 4) is 11.5 Å². The van der Waals surface area contributed by atoms with E-state index in [4.69, 9.17) is 26.8 Å². The number of rotatable bonds is 6. The Morgan fingerprint density at radius 2 is 1.67 bits per heavy atom. The zero-order valence-electron chi connectivity index (χ0n) is 12.3. The van der Waals surface area contributed by atoms with Crippen LogP contribution in [0, 0.1) is 0 Å². The van der Waals surface area contributed by atoms with Crippen molar-refractivity contribution in [3.63, 3.8) is 0 Å². The molecule has 2 aromatic rings. The monoisotopic (exact) mass is 305 g/mol. The average molecular weight is 306 g/mol. The van der Waals surface area contributed by atoms with Crippen molar-refractivity contribution in [2.75, 3.05) is 14.2 Å². The van der Waals surface area contributed by atoms with Crippen molar-refractivity contribution in [2.45, 2.75) is 18.9 Å². The van der Waals surface area contributed by atoms with Gasteiger partial charge in [-0.2, -0.15) is 0 Å². The molecule has 3 nitrogen and oxygen atoms in total. The van der Waals surface area contributed by atoms with Crippen LogP contribution in [0.4, 0.5) is 0 Å². The lowest BCUT2D eigenvalue weighted by Gasteiger charge is -2.15. The van der Waals surface area contributed by atoms with Gasteiger partial charge in [0, 0.05) is 11.1 Å². The van der Waals surface area contributed by atoms with Crippen molar-refractivity contribution < 1.29 is 9.47 Å². The third-order valence-corrected chi connectivity index (χ3v) is 3.74. The summed E-state index contributed by atoms with van der Waals surface area (Å²) in [6, 6.07) is 13.6. The predicted molar refractivity (Wildman–Crippen MR) is 86.2 cm³/mol. The number of hydrogen-bond donors (Lipinski definition) is 1. The highest BCUT2D eigenvalue weighted by atomic mass is 35.5. The zero-order valence-corrected chi connectivity index (χ0v) is 13.1. The Morgan fingerprint density at radius 3 is 2.29 bits per heavy atom. The van der Waals surface area contributed by atoms with Gasteiger partial charge in [-0.25, -0.2) is 0 Å². The zero-order chi connectivity index (χ0) is 15.2. The van der Waals surface area contributed by atoms with Gasteiger partial charge in [0.05, 0.1) is 14.2 Å². The second-order valence-electron chi connectivity index (χ2n) is 4.89. The molecule has 0 bridgehead atoms. The maximum absolute atomic E-state index is 6.27. The lowest BCUT2D eigenvalue weighted by atomic mass is 9.99. The van der Waals surface area contributed by atoms with Gasteiger partial charge in [0.25, 0.3) is 0 Å². The standard InChI is InChI=1S/C17H20ClNO2/c1-20-16-10-6-13(11-17(16)21-2)15(19)9-5-12-3-7-14(18)8-4-12/h3-4,6-8,10-11,15H,5,9,19H2,1-2H3. The fourth-order valence-corrected chi connectivity index (χ4v) is 2.35. The summed E-state index contributed by atoms with van der Waals surface area (Å²) in [5.41, 5.74) is 8.54. The Labute approximate surface area is 130 Å². The third kappa shape index (κ3) is 4.13. The molecular formula is C17H20ClNO2. The van der Waals surface area contributed by atoms with Crippen molar-refractivity contribution in [2.24, 2.45) is 5.73 Å².